The van der Waals surface area contributed by atoms with Gasteiger partial charge in [0, 0.05) is 20.6 Å². The molecule has 0 saturated heterocycles. The molecule has 2 aliphatic heterocycles. The third kappa shape index (κ3) is 2.61. The van der Waals surface area contributed by atoms with Crippen LogP contribution in [-0.2, 0) is 30.5 Å². The number of carbonyl (C=O) groups excluding carboxylic acids is 1. The maximum Gasteiger partial charge on any atom is 0.265 e. The van der Waals surface area contributed by atoms with E-state index >= 15 is 0 Å². The van der Waals surface area contributed by atoms with Gasteiger partial charge in [-0.05, 0) is 42.3 Å². The number of ether oxygens (including phenoxy) is 7. The highest BCUT2D eigenvalue weighted by Gasteiger charge is 2.61. The molecule has 2 aromatic carbocycles. The summed E-state index contributed by atoms with van der Waals surface area (Å²) in [6.07, 6.45) is 4.19. The minimum absolute atomic E-state index is 0.0113. The summed E-state index contributed by atoms with van der Waals surface area (Å²) in [5.41, 5.74) is 2.63. The zero-order valence-corrected chi connectivity index (χ0v) is 17.7. The van der Waals surface area contributed by atoms with Gasteiger partial charge < -0.3 is 28.4 Å². The van der Waals surface area contributed by atoms with Gasteiger partial charge in [0.05, 0.1) is 22.8 Å². The van der Waals surface area contributed by atoms with E-state index in [0.29, 0.717) is 41.2 Å². The van der Waals surface area contributed by atoms with Crippen molar-refractivity contribution in [2.45, 2.75) is 30.5 Å². The van der Waals surface area contributed by atoms with Gasteiger partial charge in [0.1, 0.15) is 24.0 Å². The van der Waals surface area contributed by atoms with Crippen molar-refractivity contribution >= 4 is 5.78 Å². The van der Waals surface area contributed by atoms with E-state index in [4.69, 9.17) is 33.2 Å². The number of ketones is 1. The van der Waals surface area contributed by atoms with Gasteiger partial charge in [-0.3, -0.25) is 9.53 Å². The van der Waals surface area contributed by atoms with Crippen LogP contribution in [0.3, 0.4) is 0 Å². The highest BCUT2D eigenvalue weighted by atomic mass is 16.8. The number of hydrogen-bond donors (Lipinski definition) is 0. The molecule has 166 valence electrons. The monoisotopic (exact) mass is 438 g/mol. The second kappa shape index (κ2) is 7.05. The van der Waals surface area contributed by atoms with Crippen LogP contribution in [0.4, 0.5) is 0 Å². The fourth-order valence-corrected chi connectivity index (χ4v) is 5.07. The highest BCUT2D eigenvalue weighted by molar-refractivity contribution is 6.10. The third-order valence-electron chi connectivity index (χ3n) is 6.27. The molecule has 0 saturated carbocycles. The molecule has 2 bridgehead atoms. The molecular formula is C24H22O8. The number of methoxy groups -OCH3 is 2. The fourth-order valence-electron chi connectivity index (χ4n) is 5.07. The second-order valence-corrected chi connectivity index (χ2v) is 8.11. The predicted molar refractivity (Wildman–Crippen MR) is 109 cm³/mol. The van der Waals surface area contributed by atoms with Crippen molar-refractivity contribution in [1.82, 2.24) is 0 Å². The van der Waals surface area contributed by atoms with E-state index in [9.17, 15) is 4.79 Å². The van der Waals surface area contributed by atoms with Crippen LogP contribution in [0, 0.1) is 0 Å². The number of benzene rings is 2. The summed E-state index contributed by atoms with van der Waals surface area (Å²) in [7, 11) is 3.12. The molecule has 0 amide bonds. The van der Waals surface area contributed by atoms with Crippen molar-refractivity contribution in [3.8, 4) is 17.2 Å². The van der Waals surface area contributed by atoms with Crippen LogP contribution in [0.25, 0.3) is 0 Å². The Hall–Kier alpha value is -2.91. The van der Waals surface area contributed by atoms with Crippen LogP contribution in [0.2, 0.25) is 0 Å². The maximum absolute atomic E-state index is 12.9. The Morgan fingerprint density at radius 3 is 2.72 bits per heavy atom. The maximum atomic E-state index is 12.9. The Kier molecular flexibility index (Phi) is 4.35. The molecule has 0 radical (unpaired) electrons. The lowest BCUT2D eigenvalue weighted by atomic mass is 9.79. The van der Waals surface area contributed by atoms with E-state index < -0.39 is 11.6 Å². The second-order valence-electron chi connectivity index (χ2n) is 8.11. The highest BCUT2D eigenvalue weighted by Crippen LogP contribution is 2.61. The summed E-state index contributed by atoms with van der Waals surface area (Å²) < 4.78 is 41.3. The van der Waals surface area contributed by atoms with E-state index in [1.807, 2.05) is 18.2 Å². The quantitative estimate of drug-likeness (QED) is 0.632. The summed E-state index contributed by atoms with van der Waals surface area (Å²) in [6, 6.07) is 9.32. The topological polar surface area (TPSA) is 81.7 Å². The van der Waals surface area contributed by atoms with Gasteiger partial charge in [0.25, 0.3) is 5.79 Å². The van der Waals surface area contributed by atoms with Gasteiger partial charge >= 0.3 is 0 Å². The Bertz CT molecular complexity index is 1140. The molecule has 0 unspecified atom stereocenters. The summed E-state index contributed by atoms with van der Waals surface area (Å²) in [5, 5.41) is 0. The summed E-state index contributed by atoms with van der Waals surface area (Å²) in [4.78, 5) is 12.9. The molecule has 0 fully saturated rings. The fraction of sp³-hybridized carbons (Fsp3) is 0.375. The van der Waals surface area contributed by atoms with E-state index in [2.05, 4.69) is 0 Å². The first-order chi connectivity index (χ1) is 15.6. The molecule has 4 aliphatic rings. The Morgan fingerprint density at radius 2 is 1.88 bits per heavy atom. The number of allylic oxidation sites excluding steroid dienone is 1. The molecule has 2 heterocycles. The zero-order valence-electron chi connectivity index (χ0n) is 17.7. The van der Waals surface area contributed by atoms with Crippen molar-refractivity contribution in [3.05, 3.63) is 64.7 Å². The average Bonchev–Trinajstić information content (AvgIpc) is 2.80. The van der Waals surface area contributed by atoms with E-state index in [1.165, 1.54) is 13.2 Å². The number of rotatable bonds is 6. The van der Waals surface area contributed by atoms with Gasteiger partial charge in [0.15, 0.2) is 12.6 Å². The van der Waals surface area contributed by atoms with Gasteiger partial charge in [0.2, 0.25) is 5.79 Å². The zero-order chi connectivity index (χ0) is 21.9. The molecule has 32 heavy (non-hydrogen) atoms. The smallest absolute Gasteiger partial charge is 0.265 e. The lowest BCUT2D eigenvalue weighted by Gasteiger charge is -2.54. The lowest BCUT2D eigenvalue weighted by molar-refractivity contribution is -0.346. The van der Waals surface area contributed by atoms with Gasteiger partial charge in [-0.1, -0.05) is 12.1 Å². The molecular weight excluding hydrogens is 416 g/mol. The minimum Gasteiger partial charge on any atom is -0.467 e. The van der Waals surface area contributed by atoms with E-state index in [1.54, 1.807) is 25.3 Å². The molecule has 2 aromatic rings. The molecule has 2 spiro atoms. The first kappa shape index (κ1) is 19.8. The van der Waals surface area contributed by atoms with Crippen LogP contribution in [0.15, 0.2) is 42.5 Å². The van der Waals surface area contributed by atoms with Crippen molar-refractivity contribution in [1.29, 1.82) is 0 Å². The lowest BCUT2D eigenvalue weighted by Crippen LogP contribution is -2.57. The average molecular weight is 438 g/mol. The third-order valence-corrected chi connectivity index (χ3v) is 6.27. The summed E-state index contributed by atoms with van der Waals surface area (Å²) >= 11 is 0. The number of hydrogen-bond acceptors (Lipinski definition) is 8. The normalized spacial score (nSPS) is 28.3. The SMILES string of the molecule is COCOc1ccc2c3c1C(=O)C=C[C@]31Oc3cccc4c3[C@](CC[C@@H]4OCOC)(O2)O1. The van der Waals surface area contributed by atoms with E-state index in [-0.39, 0.29) is 25.5 Å². The molecule has 0 aromatic heterocycles. The first-order valence-corrected chi connectivity index (χ1v) is 10.5. The Balaban J connectivity index is 1.53. The first-order valence-electron chi connectivity index (χ1n) is 10.5. The molecule has 6 rings (SSSR count). The molecule has 2 aliphatic carbocycles. The van der Waals surface area contributed by atoms with Crippen LogP contribution in [0.5, 0.6) is 17.2 Å². The largest absolute Gasteiger partial charge is 0.467 e. The van der Waals surface area contributed by atoms with Crippen molar-refractivity contribution in [2.75, 3.05) is 27.8 Å². The minimum atomic E-state index is -1.30. The van der Waals surface area contributed by atoms with Crippen molar-refractivity contribution in [2.24, 2.45) is 0 Å². The van der Waals surface area contributed by atoms with Gasteiger partial charge in [-0.15, -0.1) is 0 Å². The Labute approximate surface area is 184 Å². The molecule has 8 heteroatoms. The molecule has 8 nitrogen and oxygen atoms in total. The molecule has 0 N–H and O–H groups in total. The van der Waals surface area contributed by atoms with E-state index in [0.717, 1.165) is 11.1 Å². The van der Waals surface area contributed by atoms with Gasteiger partial charge in [-0.2, -0.15) is 0 Å². The standard InChI is InChI=1S/C24H22O8/c1-26-12-28-16-9-11-23-21-14(16)4-3-5-18(21)30-24(32-23)10-8-15(25)20-17(29-13-27-2)6-7-19(31-23)22(20)24/h3-8,10,16H,9,11-13H2,1-2H3/t16-,23+,24+/m0/s1. The van der Waals surface area contributed by atoms with Crippen molar-refractivity contribution in [3.63, 3.8) is 0 Å². The van der Waals surface area contributed by atoms with Crippen LogP contribution < -0.4 is 14.2 Å². The van der Waals surface area contributed by atoms with Crippen LogP contribution >= 0.6 is 0 Å². The number of carbonyl (C=O) groups is 1. The molecule has 3 atom stereocenters. The Morgan fingerprint density at radius 1 is 1.03 bits per heavy atom. The van der Waals surface area contributed by atoms with Crippen molar-refractivity contribution < 1.29 is 38.0 Å². The van der Waals surface area contributed by atoms with Crippen LogP contribution in [-0.4, -0.2) is 33.6 Å². The van der Waals surface area contributed by atoms with Crippen LogP contribution in [0.1, 0.15) is 46.0 Å². The summed E-state index contributed by atoms with van der Waals surface area (Å²) in [5.74, 6) is -0.997. The van der Waals surface area contributed by atoms with Gasteiger partial charge in [-0.25, -0.2) is 0 Å². The predicted octanol–water partition coefficient (Wildman–Crippen LogP) is 3.68. The summed E-state index contributed by atoms with van der Waals surface area (Å²) in [6.45, 7) is 0.201.